The molecule has 1 fully saturated rings. The number of alkyl halides is 1. The zero-order valence-corrected chi connectivity index (χ0v) is 16.8. The first-order valence-corrected chi connectivity index (χ1v) is 9.99. The largest absolute Gasteiger partial charge is 0.480 e. The van der Waals surface area contributed by atoms with Gasteiger partial charge in [0.2, 0.25) is 17.7 Å². The third-order valence-corrected chi connectivity index (χ3v) is 6.42. The summed E-state index contributed by atoms with van der Waals surface area (Å²) in [6.45, 7) is -0.610. The summed E-state index contributed by atoms with van der Waals surface area (Å²) in [4.78, 5) is 53.4. The summed E-state index contributed by atoms with van der Waals surface area (Å²) >= 11 is 6.79. The normalized spacial score (nSPS) is 21.1. The van der Waals surface area contributed by atoms with E-state index in [9.17, 15) is 24.3 Å². The highest BCUT2D eigenvalue weighted by Crippen LogP contribution is 2.48. The predicted molar refractivity (Wildman–Crippen MR) is 112 cm³/mol. The van der Waals surface area contributed by atoms with E-state index in [0.717, 1.165) is 21.4 Å². The van der Waals surface area contributed by atoms with Gasteiger partial charge >= 0.3 is 5.97 Å². The lowest BCUT2D eigenvalue weighted by Gasteiger charge is -2.19. The number of hydrogen-bond acceptors (Lipinski definition) is 4. The Balaban J connectivity index is 1.65. The molecule has 0 saturated carbocycles. The number of carbonyl (C=O) groups is 4. The van der Waals surface area contributed by atoms with Crippen LogP contribution < -0.4 is 10.2 Å². The molecule has 2 aliphatic rings. The van der Waals surface area contributed by atoms with Gasteiger partial charge in [-0.2, -0.15) is 0 Å². The second-order valence-corrected chi connectivity index (χ2v) is 8.11. The number of fused-ring (bicyclic) bond motifs is 3. The number of hydrogen-bond donors (Lipinski definition) is 3. The number of benzene rings is 2. The highest BCUT2D eigenvalue weighted by molar-refractivity contribution is 6.29. The van der Waals surface area contributed by atoms with Crippen LogP contribution in [0.2, 0.25) is 0 Å². The number of halogens is 1. The fourth-order valence-corrected chi connectivity index (χ4v) is 4.82. The first-order valence-electron chi connectivity index (χ1n) is 9.55. The lowest BCUT2D eigenvalue weighted by molar-refractivity contribution is -0.138. The van der Waals surface area contributed by atoms with Crippen molar-refractivity contribution in [3.8, 4) is 0 Å². The molecule has 1 aromatic heterocycles. The van der Waals surface area contributed by atoms with Crippen LogP contribution in [0.25, 0.3) is 10.9 Å². The zero-order chi connectivity index (χ0) is 21.9. The number of carbonyl (C=O) groups excluding carboxylic acids is 3. The Morgan fingerprint density at radius 3 is 2.68 bits per heavy atom. The van der Waals surface area contributed by atoms with Gasteiger partial charge in [0.05, 0.1) is 11.8 Å². The summed E-state index contributed by atoms with van der Waals surface area (Å²) in [5.74, 6) is -3.26. The van der Waals surface area contributed by atoms with Crippen LogP contribution in [-0.4, -0.2) is 40.3 Å². The second-order valence-electron chi connectivity index (χ2n) is 7.67. The van der Waals surface area contributed by atoms with Crippen molar-refractivity contribution >= 4 is 51.9 Å². The number of rotatable bonds is 4. The third-order valence-electron chi connectivity index (χ3n) is 5.93. The smallest absolute Gasteiger partial charge is 0.323 e. The average molecular weight is 438 g/mol. The Morgan fingerprint density at radius 1 is 1.19 bits per heavy atom. The Bertz CT molecular complexity index is 1300. The highest BCUT2D eigenvalue weighted by atomic mass is 35.5. The molecule has 8 nitrogen and oxygen atoms in total. The van der Waals surface area contributed by atoms with E-state index in [2.05, 4.69) is 10.3 Å². The van der Waals surface area contributed by atoms with Crippen molar-refractivity contribution in [2.75, 3.05) is 11.4 Å². The third kappa shape index (κ3) is 2.68. The lowest BCUT2D eigenvalue weighted by atomic mass is 9.79. The van der Waals surface area contributed by atoms with Gasteiger partial charge in [-0.05, 0) is 23.3 Å². The molecule has 0 radical (unpaired) electrons. The fourth-order valence-electron chi connectivity index (χ4n) is 4.51. The Labute approximate surface area is 180 Å². The van der Waals surface area contributed by atoms with Gasteiger partial charge in [-0.25, -0.2) is 0 Å². The SMILES string of the molecule is O=C(O)CN1C(=O)C2(CC(=O)NC2=O)c2cc(C(Cl)c3c[nH]c4ccccc34)ccc21. The maximum absolute atomic E-state index is 13.2. The summed E-state index contributed by atoms with van der Waals surface area (Å²) in [6.07, 6.45) is 1.44. The molecule has 3 aromatic rings. The topological polar surface area (TPSA) is 120 Å². The van der Waals surface area contributed by atoms with Crippen LogP contribution in [0.15, 0.2) is 48.7 Å². The van der Waals surface area contributed by atoms with Crippen molar-refractivity contribution in [3.05, 3.63) is 65.4 Å². The number of para-hydroxylation sites is 1. The predicted octanol–water partition coefficient (Wildman–Crippen LogP) is 2.21. The molecule has 2 atom stereocenters. The average Bonchev–Trinajstić information content (AvgIpc) is 3.37. The van der Waals surface area contributed by atoms with E-state index in [1.807, 2.05) is 24.3 Å². The number of aromatic amines is 1. The van der Waals surface area contributed by atoms with Crippen LogP contribution in [0.3, 0.4) is 0 Å². The van der Waals surface area contributed by atoms with Crippen LogP contribution in [0, 0.1) is 0 Å². The van der Waals surface area contributed by atoms with E-state index in [-0.39, 0.29) is 6.42 Å². The summed E-state index contributed by atoms with van der Waals surface area (Å²) in [5, 5.41) is 11.8. The Kier molecular flexibility index (Phi) is 4.16. The molecule has 3 N–H and O–H groups in total. The summed E-state index contributed by atoms with van der Waals surface area (Å²) < 4.78 is 0. The molecule has 2 aromatic carbocycles. The minimum Gasteiger partial charge on any atom is -0.480 e. The minimum absolute atomic E-state index is 0.295. The van der Waals surface area contributed by atoms with Gasteiger partial charge < -0.3 is 10.1 Å². The molecule has 156 valence electrons. The number of imide groups is 1. The van der Waals surface area contributed by atoms with Crippen LogP contribution >= 0.6 is 11.6 Å². The number of aromatic nitrogens is 1. The van der Waals surface area contributed by atoms with Gasteiger partial charge in [0.1, 0.15) is 6.54 Å². The van der Waals surface area contributed by atoms with Gasteiger partial charge in [-0.3, -0.25) is 29.4 Å². The number of amides is 3. The minimum atomic E-state index is -1.77. The van der Waals surface area contributed by atoms with E-state index in [1.54, 1.807) is 24.4 Å². The monoisotopic (exact) mass is 437 g/mol. The standard InChI is InChI=1S/C22H16ClN3O5/c23-19(13-9-24-15-4-2-1-3-12(13)15)11-5-6-16-14(7-11)22(8-17(27)25-20(22)30)21(31)26(16)10-18(28)29/h1-7,9,19,24H,8,10H2,(H,28,29)(H,25,27,30). The summed E-state index contributed by atoms with van der Waals surface area (Å²) in [5.41, 5.74) is 1.19. The van der Waals surface area contributed by atoms with Crippen molar-refractivity contribution in [3.63, 3.8) is 0 Å². The van der Waals surface area contributed by atoms with Crippen molar-refractivity contribution in [2.24, 2.45) is 0 Å². The van der Waals surface area contributed by atoms with Crippen LogP contribution in [-0.2, 0) is 24.6 Å². The van der Waals surface area contributed by atoms with E-state index in [0.29, 0.717) is 16.8 Å². The van der Waals surface area contributed by atoms with E-state index < -0.39 is 41.0 Å². The number of nitrogens with zero attached hydrogens (tertiary/aromatic N) is 1. The first-order chi connectivity index (χ1) is 14.8. The van der Waals surface area contributed by atoms with Crippen molar-refractivity contribution in [2.45, 2.75) is 17.2 Å². The van der Waals surface area contributed by atoms with Gasteiger partial charge in [0.25, 0.3) is 0 Å². The van der Waals surface area contributed by atoms with E-state index in [1.165, 1.54) is 0 Å². The molecule has 1 saturated heterocycles. The van der Waals surface area contributed by atoms with Crippen molar-refractivity contribution < 1.29 is 24.3 Å². The van der Waals surface area contributed by atoms with Gasteiger partial charge in [-0.15, -0.1) is 11.6 Å². The van der Waals surface area contributed by atoms with Crippen LogP contribution in [0.5, 0.6) is 0 Å². The first kappa shape index (κ1) is 19.3. The van der Waals surface area contributed by atoms with Crippen molar-refractivity contribution in [1.29, 1.82) is 0 Å². The Hall–Kier alpha value is -3.65. The fraction of sp³-hybridized carbons (Fsp3) is 0.182. The number of aliphatic carboxylic acids is 1. The van der Waals surface area contributed by atoms with Gasteiger partial charge in [0.15, 0.2) is 5.41 Å². The van der Waals surface area contributed by atoms with Crippen LogP contribution in [0.1, 0.15) is 28.5 Å². The molecule has 9 heteroatoms. The molecule has 0 bridgehead atoms. The van der Waals surface area contributed by atoms with Gasteiger partial charge in [0, 0.05) is 28.4 Å². The molecule has 0 aliphatic carbocycles. The maximum Gasteiger partial charge on any atom is 0.323 e. The molecule has 3 amide bonds. The quantitative estimate of drug-likeness (QED) is 0.328. The molecule has 5 rings (SSSR count). The van der Waals surface area contributed by atoms with Gasteiger partial charge in [-0.1, -0.05) is 30.3 Å². The lowest BCUT2D eigenvalue weighted by Crippen LogP contribution is -2.46. The number of carboxylic acids is 1. The summed E-state index contributed by atoms with van der Waals surface area (Å²) in [7, 11) is 0. The molecule has 31 heavy (non-hydrogen) atoms. The Morgan fingerprint density at radius 2 is 1.97 bits per heavy atom. The maximum atomic E-state index is 13.2. The molecule has 1 spiro atoms. The number of carboxylic acid groups (broad SMARTS) is 1. The number of anilines is 1. The number of H-pyrrole nitrogens is 1. The molecule has 2 aliphatic heterocycles. The zero-order valence-electron chi connectivity index (χ0n) is 16.0. The molecule has 2 unspecified atom stereocenters. The summed E-state index contributed by atoms with van der Waals surface area (Å²) in [6, 6.07) is 12.6. The second kappa shape index (κ2) is 6.68. The molecular formula is C22H16ClN3O5. The number of nitrogens with one attached hydrogen (secondary N) is 2. The van der Waals surface area contributed by atoms with E-state index in [4.69, 9.17) is 11.6 Å². The van der Waals surface area contributed by atoms with E-state index >= 15 is 0 Å². The highest BCUT2D eigenvalue weighted by Gasteiger charge is 2.61. The molecule has 3 heterocycles. The van der Waals surface area contributed by atoms with Crippen molar-refractivity contribution in [1.82, 2.24) is 10.3 Å². The molecular weight excluding hydrogens is 422 g/mol. The van der Waals surface area contributed by atoms with Crippen LogP contribution in [0.4, 0.5) is 5.69 Å².